The highest BCUT2D eigenvalue weighted by molar-refractivity contribution is 5.85. The Hall–Kier alpha value is -2.31. The van der Waals surface area contributed by atoms with Gasteiger partial charge in [0, 0.05) is 34.2 Å². The summed E-state index contributed by atoms with van der Waals surface area (Å²) in [6.07, 6.45) is 4.79. The van der Waals surface area contributed by atoms with Gasteiger partial charge in [-0.2, -0.15) is 0 Å². The number of hydrogen-bond donors (Lipinski definition) is 2. The zero-order chi connectivity index (χ0) is 19.7. The molecule has 1 aliphatic carbocycles. The van der Waals surface area contributed by atoms with E-state index in [-0.39, 0.29) is 17.1 Å². The predicted octanol–water partition coefficient (Wildman–Crippen LogP) is 2.41. The molecule has 2 N–H and O–H groups in total. The molecule has 1 aliphatic rings. The van der Waals surface area contributed by atoms with Gasteiger partial charge < -0.3 is 20.3 Å². The lowest BCUT2D eigenvalue weighted by molar-refractivity contribution is -0.138. The first-order valence-electron chi connectivity index (χ1n) is 9.51. The van der Waals surface area contributed by atoms with Crippen LogP contribution in [0.2, 0.25) is 0 Å². The maximum Gasteiger partial charge on any atom is 0.230 e. The summed E-state index contributed by atoms with van der Waals surface area (Å²) in [7, 11) is 5.35. The van der Waals surface area contributed by atoms with Gasteiger partial charge in [-0.15, -0.1) is 0 Å². The first kappa shape index (κ1) is 21.0. The monoisotopic (exact) mass is 378 g/mol. The summed E-state index contributed by atoms with van der Waals surface area (Å²) in [4.78, 5) is 18.5. The number of carbonyl (C=O) groups is 1. The van der Waals surface area contributed by atoms with E-state index < -0.39 is 0 Å². The molecule has 0 radical (unpaired) electrons. The summed E-state index contributed by atoms with van der Waals surface area (Å²) in [5.41, 5.74) is -0.327. The number of carbonyl (C=O) groups excluding carboxylic acids is 1. The molecule has 0 heterocycles. The van der Waals surface area contributed by atoms with Crippen LogP contribution in [-0.2, 0) is 4.79 Å². The van der Waals surface area contributed by atoms with E-state index in [0.29, 0.717) is 31.4 Å². The summed E-state index contributed by atoms with van der Waals surface area (Å²) in [6, 6.07) is 6.00. The lowest BCUT2D eigenvalue weighted by atomic mass is 9.84. The maximum atomic E-state index is 12.9. The number of guanidine groups is 1. The molecule has 0 unspecified atom stereocenters. The predicted molar refractivity (Wildman–Crippen MR) is 105 cm³/mol. The summed E-state index contributed by atoms with van der Waals surface area (Å²) in [5.74, 6) is 1.27. The highest BCUT2D eigenvalue weighted by Gasteiger charge is 2.42. The van der Waals surface area contributed by atoms with Crippen LogP contribution in [-0.4, -0.2) is 57.6 Å². The smallest absolute Gasteiger partial charge is 0.230 e. The Morgan fingerprint density at radius 2 is 1.89 bits per heavy atom. The van der Waals surface area contributed by atoms with Crippen molar-refractivity contribution in [1.29, 1.82) is 0 Å². The quantitative estimate of drug-likeness (QED) is 0.414. The molecule has 6 nitrogen and oxygen atoms in total. The van der Waals surface area contributed by atoms with Gasteiger partial charge in [-0.05, 0) is 43.5 Å². The zero-order valence-electron chi connectivity index (χ0n) is 16.6. The van der Waals surface area contributed by atoms with Crippen LogP contribution in [0, 0.1) is 11.2 Å². The Balaban J connectivity index is 1.72. The van der Waals surface area contributed by atoms with Crippen molar-refractivity contribution >= 4 is 11.9 Å². The molecule has 7 heteroatoms. The van der Waals surface area contributed by atoms with Crippen molar-refractivity contribution in [2.75, 3.05) is 40.8 Å². The average Bonchev–Trinajstić information content (AvgIpc) is 3.14. The van der Waals surface area contributed by atoms with Crippen molar-refractivity contribution in [3.8, 4) is 5.75 Å². The number of benzene rings is 1. The molecule has 1 fully saturated rings. The third-order valence-corrected chi connectivity index (χ3v) is 4.93. The summed E-state index contributed by atoms with van der Waals surface area (Å²) < 4.78 is 18.4. The van der Waals surface area contributed by atoms with Gasteiger partial charge >= 0.3 is 0 Å². The van der Waals surface area contributed by atoms with Crippen molar-refractivity contribution in [3.05, 3.63) is 30.1 Å². The van der Waals surface area contributed by atoms with Crippen LogP contribution in [0.3, 0.4) is 0 Å². The van der Waals surface area contributed by atoms with Crippen molar-refractivity contribution in [2.24, 2.45) is 10.4 Å². The molecule has 27 heavy (non-hydrogen) atoms. The normalized spacial score (nSPS) is 16.1. The molecule has 1 aromatic carbocycles. The zero-order valence-corrected chi connectivity index (χ0v) is 16.6. The van der Waals surface area contributed by atoms with Crippen LogP contribution in [0.5, 0.6) is 5.75 Å². The molecule has 0 atom stereocenters. The Morgan fingerprint density at radius 1 is 1.22 bits per heavy atom. The van der Waals surface area contributed by atoms with E-state index in [4.69, 9.17) is 4.74 Å². The molecule has 1 aromatic rings. The number of hydrogen-bond acceptors (Lipinski definition) is 3. The van der Waals surface area contributed by atoms with Crippen LogP contribution < -0.4 is 15.4 Å². The lowest BCUT2D eigenvalue weighted by Crippen LogP contribution is -2.49. The van der Waals surface area contributed by atoms with E-state index in [1.807, 2.05) is 14.1 Å². The Kier molecular flexibility index (Phi) is 7.88. The van der Waals surface area contributed by atoms with E-state index >= 15 is 0 Å². The van der Waals surface area contributed by atoms with E-state index in [0.717, 1.165) is 32.1 Å². The van der Waals surface area contributed by atoms with Crippen molar-refractivity contribution in [2.45, 2.75) is 32.1 Å². The number of nitrogens with one attached hydrogen (secondary N) is 2. The van der Waals surface area contributed by atoms with Crippen LogP contribution in [0.1, 0.15) is 32.1 Å². The largest absolute Gasteiger partial charge is 0.494 e. The second-order valence-corrected chi connectivity index (χ2v) is 7.20. The third kappa shape index (κ3) is 6.12. The van der Waals surface area contributed by atoms with Gasteiger partial charge in [-0.1, -0.05) is 12.8 Å². The molecule has 1 amide bonds. The van der Waals surface area contributed by atoms with Gasteiger partial charge in [-0.3, -0.25) is 9.79 Å². The van der Waals surface area contributed by atoms with Crippen LogP contribution in [0.4, 0.5) is 4.39 Å². The van der Waals surface area contributed by atoms with E-state index in [1.165, 1.54) is 12.1 Å². The third-order valence-electron chi connectivity index (χ3n) is 4.93. The molecule has 0 aliphatic heterocycles. The van der Waals surface area contributed by atoms with Crippen molar-refractivity contribution < 1.29 is 13.9 Å². The van der Waals surface area contributed by atoms with Gasteiger partial charge in [0.05, 0.1) is 12.0 Å². The summed E-state index contributed by atoms with van der Waals surface area (Å²) in [5, 5.41) is 6.56. The van der Waals surface area contributed by atoms with Crippen molar-refractivity contribution in [1.82, 2.24) is 15.5 Å². The number of amides is 1. The molecule has 1 saturated carbocycles. The van der Waals surface area contributed by atoms with Gasteiger partial charge in [0.15, 0.2) is 5.96 Å². The standard InChI is InChI=1S/C20H31FN4O2/c1-22-19(23-13-6-14-27-17-9-7-16(21)8-10-17)24-15-20(11-4-5-12-20)18(26)25(2)3/h7-10H,4-6,11-15H2,1-3H3,(H2,22,23,24). The molecule has 0 aromatic heterocycles. The lowest BCUT2D eigenvalue weighted by Gasteiger charge is -2.31. The fourth-order valence-corrected chi connectivity index (χ4v) is 3.47. The summed E-state index contributed by atoms with van der Waals surface area (Å²) in [6.45, 7) is 1.81. The van der Waals surface area contributed by atoms with Crippen LogP contribution in [0.25, 0.3) is 0 Å². The topological polar surface area (TPSA) is 66.0 Å². The molecule has 0 spiro atoms. The van der Waals surface area contributed by atoms with Crippen molar-refractivity contribution in [3.63, 3.8) is 0 Å². The highest BCUT2D eigenvalue weighted by atomic mass is 19.1. The van der Waals surface area contributed by atoms with Gasteiger partial charge in [0.25, 0.3) is 0 Å². The molecular formula is C20H31FN4O2. The second kappa shape index (κ2) is 10.1. The molecule has 150 valence electrons. The number of aliphatic imine (C=N–C) groups is 1. The number of ether oxygens (including phenoxy) is 1. The fraction of sp³-hybridized carbons (Fsp3) is 0.600. The van der Waals surface area contributed by atoms with Gasteiger partial charge in [0.2, 0.25) is 5.91 Å². The SMILES string of the molecule is CN=C(NCCCOc1ccc(F)cc1)NCC1(C(=O)N(C)C)CCCC1. The number of rotatable bonds is 8. The van der Waals surface area contributed by atoms with E-state index in [9.17, 15) is 9.18 Å². The van der Waals surface area contributed by atoms with Gasteiger partial charge in [-0.25, -0.2) is 4.39 Å². The second-order valence-electron chi connectivity index (χ2n) is 7.20. The number of nitrogens with zero attached hydrogens (tertiary/aromatic N) is 2. The first-order chi connectivity index (χ1) is 13.0. The van der Waals surface area contributed by atoms with Gasteiger partial charge in [0.1, 0.15) is 11.6 Å². The Labute approximate surface area is 161 Å². The first-order valence-corrected chi connectivity index (χ1v) is 9.51. The van der Waals surface area contributed by atoms with Crippen LogP contribution >= 0.6 is 0 Å². The molecule has 0 saturated heterocycles. The fourth-order valence-electron chi connectivity index (χ4n) is 3.47. The Morgan fingerprint density at radius 3 is 2.48 bits per heavy atom. The average molecular weight is 378 g/mol. The number of halogens is 1. The van der Waals surface area contributed by atoms with E-state index in [2.05, 4.69) is 15.6 Å². The molecule has 2 rings (SSSR count). The summed E-state index contributed by atoms with van der Waals surface area (Å²) >= 11 is 0. The minimum absolute atomic E-state index is 0.190. The maximum absolute atomic E-state index is 12.9. The minimum Gasteiger partial charge on any atom is -0.494 e. The molecule has 0 bridgehead atoms. The van der Waals surface area contributed by atoms with E-state index in [1.54, 1.807) is 24.1 Å². The highest BCUT2D eigenvalue weighted by Crippen LogP contribution is 2.38. The molecular weight excluding hydrogens is 347 g/mol. The Bertz CT molecular complexity index is 625. The van der Waals surface area contributed by atoms with Crippen LogP contribution in [0.15, 0.2) is 29.3 Å². The minimum atomic E-state index is -0.327.